The van der Waals surface area contributed by atoms with Crippen molar-refractivity contribution in [3.63, 3.8) is 0 Å². The Bertz CT molecular complexity index is 134. The highest BCUT2D eigenvalue weighted by molar-refractivity contribution is 8.76. The lowest BCUT2D eigenvalue weighted by Crippen LogP contribution is -2.35. The zero-order chi connectivity index (χ0) is 11.4. The van der Waals surface area contributed by atoms with E-state index < -0.39 is 0 Å². The Kier molecular flexibility index (Phi) is 15.9. The van der Waals surface area contributed by atoms with E-state index >= 15 is 0 Å². The lowest BCUT2D eigenvalue weighted by molar-refractivity contribution is -0.120. The summed E-state index contributed by atoms with van der Waals surface area (Å²) in [6.45, 7) is 4.03. The quantitative estimate of drug-likeness (QED) is 0.521. The van der Waals surface area contributed by atoms with Gasteiger partial charge in [0.05, 0.1) is 6.04 Å². The van der Waals surface area contributed by atoms with Gasteiger partial charge in [-0.1, -0.05) is 35.4 Å². The molecule has 14 heavy (non-hydrogen) atoms. The Morgan fingerprint density at radius 3 is 2.29 bits per heavy atom. The Labute approximate surface area is 94.8 Å². The first-order valence-corrected chi connectivity index (χ1v) is 7.14. The maximum Gasteiger partial charge on any atom is 0.150 e. The van der Waals surface area contributed by atoms with Gasteiger partial charge in [0.1, 0.15) is 5.78 Å². The van der Waals surface area contributed by atoms with Gasteiger partial charge in [0.25, 0.3) is 0 Å². The van der Waals surface area contributed by atoms with E-state index in [1.807, 2.05) is 14.0 Å². The average molecular weight is 239 g/mol. The minimum atomic E-state index is 0.0408. The van der Waals surface area contributed by atoms with Crippen LogP contribution in [0.3, 0.4) is 0 Å². The van der Waals surface area contributed by atoms with Crippen molar-refractivity contribution < 1.29 is 9.90 Å². The maximum absolute atomic E-state index is 11.3. The number of nitrogens with one attached hydrogen (secondary N) is 1. The number of hydrogen-bond donors (Lipinski definition) is 2. The molecule has 2 N–H and O–H groups in total. The van der Waals surface area contributed by atoms with Crippen LogP contribution in [0.5, 0.6) is 0 Å². The molecule has 86 valence electrons. The van der Waals surface area contributed by atoms with E-state index in [0.29, 0.717) is 12.2 Å². The second-order valence-corrected chi connectivity index (χ2v) is 5.15. The molecular weight excluding hydrogens is 218 g/mol. The van der Waals surface area contributed by atoms with Crippen LogP contribution in [0.25, 0.3) is 0 Å². The van der Waals surface area contributed by atoms with Crippen LogP contribution in [0.4, 0.5) is 0 Å². The van der Waals surface area contributed by atoms with Crippen LogP contribution in [0, 0.1) is 0 Å². The third-order valence-corrected chi connectivity index (χ3v) is 4.01. The number of carbonyl (C=O) groups excluding carboxylic acids is 1. The molecule has 0 heterocycles. The van der Waals surface area contributed by atoms with Gasteiger partial charge in [0, 0.05) is 25.0 Å². The number of aliphatic hydroxyl groups excluding tert-OH is 1. The Morgan fingerprint density at radius 2 is 1.93 bits per heavy atom. The van der Waals surface area contributed by atoms with E-state index in [4.69, 9.17) is 5.11 Å². The molecule has 0 amide bonds. The molecule has 0 aliphatic rings. The molecule has 0 rings (SSSR count). The highest BCUT2D eigenvalue weighted by Crippen LogP contribution is 2.21. The SMILES string of the molecule is CCSSCC(NC)C(=O)CC.CO. The monoisotopic (exact) mass is 239 g/mol. The zero-order valence-corrected chi connectivity index (χ0v) is 11.0. The fourth-order valence-electron chi connectivity index (χ4n) is 0.783. The summed E-state index contributed by atoms with van der Waals surface area (Å²) in [4.78, 5) is 11.3. The van der Waals surface area contributed by atoms with Gasteiger partial charge in [0.15, 0.2) is 0 Å². The number of Topliss-reactive ketones (excluding diaryl/α,β-unsaturated/α-hetero) is 1. The lowest BCUT2D eigenvalue weighted by Gasteiger charge is -2.12. The minimum Gasteiger partial charge on any atom is -0.400 e. The first-order valence-electron chi connectivity index (χ1n) is 4.65. The van der Waals surface area contributed by atoms with Crippen LogP contribution in [0.2, 0.25) is 0 Å². The minimum absolute atomic E-state index is 0.0408. The van der Waals surface area contributed by atoms with Crippen molar-refractivity contribution in [3.8, 4) is 0 Å². The molecule has 0 spiro atoms. The summed E-state index contributed by atoms with van der Waals surface area (Å²) in [5, 5.41) is 10.0. The van der Waals surface area contributed by atoms with E-state index in [0.717, 1.165) is 18.6 Å². The van der Waals surface area contributed by atoms with Crippen molar-refractivity contribution >= 4 is 27.4 Å². The first kappa shape index (κ1) is 16.7. The van der Waals surface area contributed by atoms with Crippen LogP contribution in [-0.2, 0) is 4.79 Å². The predicted octanol–water partition coefficient (Wildman–Crippen LogP) is 1.56. The second kappa shape index (κ2) is 13.3. The third-order valence-electron chi connectivity index (χ3n) is 1.52. The third kappa shape index (κ3) is 8.87. The topological polar surface area (TPSA) is 49.3 Å². The smallest absolute Gasteiger partial charge is 0.150 e. The molecule has 0 saturated heterocycles. The van der Waals surface area contributed by atoms with Gasteiger partial charge in [-0.2, -0.15) is 0 Å². The number of ketones is 1. The van der Waals surface area contributed by atoms with Gasteiger partial charge in [0.2, 0.25) is 0 Å². The highest BCUT2D eigenvalue weighted by Gasteiger charge is 2.13. The maximum atomic E-state index is 11.3. The van der Waals surface area contributed by atoms with E-state index in [9.17, 15) is 4.79 Å². The van der Waals surface area contributed by atoms with Crippen molar-refractivity contribution in [2.45, 2.75) is 26.3 Å². The van der Waals surface area contributed by atoms with Crippen molar-refractivity contribution in [1.29, 1.82) is 0 Å². The molecule has 1 atom stereocenters. The van der Waals surface area contributed by atoms with E-state index in [1.165, 1.54) is 0 Å². The van der Waals surface area contributed by atoms with Crippen LogP contribution in [0.15, 0.2) is 0 Å². The fourth-order valence-corrected chi connectivity index (χ4v) is 2.73. The van der Waals surface area contributed by atoms with Gasteiger partial charge >= 0.3 is 0 Å². The molecule has 0 aromatic heterocycles. The number of rotatable bonds is 7. The van der Waals surface area contributed by atoms with Crippen LogP contribution in [-0.4, -0.2) is 42.6 Å². The van der Waals surface area contributed by atoms with E-state index in [2.05, 4.69) is 12.2 Å². The van der Waals surface area contributed by atoms with E-state index in [-0.39, 0.29) is 6.04 Å². The predicted molar refractivity (Wildman–Crippen MR) is 66.9 cm³/mol. The molecule has 0 aromatic rings. The summed E-state index contributed by atoms with van der Waals surface area (Å²) >= 11 is 0. The van der Waals surface area contributed by atoms with Gasteiger partial charge in [-0.05, 0) is 7.05 Å². The molecule has 0 bridgehead atoms. The van der Waals surface area contributed by atoms with Gasteiger partial charge in [-0.15, -0.1) is 0 Å². The molecule has 0 aliphatic heterocycles. The fraction of sp³-hybridized carbons (Fsp3) is 0.889. The summed E-state index contributed by atoms with van der Waals surface area (Å²) in [5.74, 6) is 2.28. The molecule has 0 radical (unpaired) electrons. The number of carbonyl (C=O) groups is 1. The molecule has 1 unspecified atom stereocenters. The molecule has 0 saturated carbocycles. The normalized spacial score (nSPS) is 11.5. The summed E-state index contributed by atoms with van der Waals surface area (Å²) in [6, 6.07) is 0.0408. The molecular formula is C9H21NO2S2. The summed E-state index contributed by atoms with van der Waals surface area (Å²) < 4.78 is 0. The molecule has 0 aromatic carbocycles. The summed E-state index contributed by atoms with van der Waals surface area (Å²) in [5.41, 5.74) is 0. The summed E-state index contributed by atoms with van der Waals surface area (Å²) in [7, 11) is 6.41. The first-order chi connectivity index (χ1) is 6.76. The van der Waals surface area contributed by atoms with Crippen LogP contribution in [0.1, 0.15) is 20.3 Å². The largest absolute Gasteiger partial charge is 0.400 e. The molecule has 3 nitrogen and oxygen atoms in total. The summed E-state index contributed by atoms with van der Waals surface area (Å²) in [6.07, 6.45) is 0.628. The van der Waals surface area contributed by atoms with E-state index in [1.54, 1.807) is 21.6 Å². The standard InChI is InChI=1S/C8H17NOS2.CH4O/c1-4-8(10)7(9-3)6-12-11-5-2;1-2/h7,9H,4-6H2,1-3H3;2H,1H3. The number of likely N-dealkylation sites (N-methyl/N-ethyl adjacent to an activating group) is 1. The Morgan fingerprint density at radius 1 is 1.36 bits per heavy atom. The average Bonchev–Trinajstić information content (AvgIpc) is 2.26. The molecule has 0 fully saturated rings. The lowest BCUT2D eigenvalue weighted by atomic mass is 10.2. The van der Waals surface area contributed by atoms with Crippen LogP contribution >= 0.6 is 21.6 Å². The van der Waals surface area contributed by atoms with Gasteiger partial charge in [-0.3, -0.25) is 4.79 Å². The van der Waals surface area contributed by atoms with Crippen molar-refractivity contribution in [1.82, 2.24) is 5.32 Å². The van der Waals surface area contributed by atoms with Gasteiger partial charge < -0.3 is 10.4 Å². The Hall–Kier alpha value is 0.290. The van der Waals surface area contributed by atoms with Crippen molar-refractivity contribution in [2.24, 2.45) is 0 Å². The second-order valence-electron chi connectivity index (χ2n) is 2.35. The highest BCUT2D eigenvalue weighted by atomic mass is 33.1. The molecule has 0 aliphatic carbocycles. The van der Waals surface area contributed by atoms with Crippen molar-refractivity contribution in [2.75, 3.05) is 25.7 Å². The zero-order valence-electron chi connectivity index (χ0n) is 9.37. The van der Waals surface area contributed by atoms with Crippen LogP contribution < -0.4 is 5.32 Å². The Balaban J connectivity index is 0. The number of hydrogen-bond acceptors (Lipinski definition) is 5. The molecule has 5 heteroatoms. The number of aliphatic hydroxyl groups is 1. The van der Waals surface area contributed by atoms with Gasteiger partial charge in [-0.25, -0.2) is 0 Å². The van der Waals surface area contributed by atoms with Crippen molar-refractivity contribution in [3.05, 3.63) is 0 Å².